The average molecular weight is 362 g/mol. The van der Waals surface area contributed by atoms with E-state index in [4.69, 9.17) is 4.74 Å². The first-order valence-electron chi connectivity index (χ1n) is 9.00. The number of hydrogen-bond donors (Lipinski definition) is 1. The van der Waals surface area contributed by atoms with Gasteiger partial charge in [0.2, 0.25) is 5.91 Å². The van der Waals surface area contributed by atoms with E-state index in [2.05, 4.69) is 5.32 Å². The predicted molar refractivity (Wildman–Crippen MR) is 97.2 cm³/mol. The van der Waals surface area contributed by atoms with Crippen molar-refractivity contribution >= 4 is 17.7 Å². The number of anilines is 1. The Labute approximate surface area is 153 Å². The van der Waals surface area contributed by atoms with Crippen molar-refractivity contribution in [3.63, 3.8) is 0 Å². The summed E-state index contributed by atoms with van der Waals surface area (Å²) in [5, 5.41) is 2.85. The van der Waals surface area contributed by atoms with E-state index >= 15 is 0 Å². The number of ether oxygens (including phenoxy) is 1. The Morgan fingerprint density at radius 3 is 2.23 bits per heavy atom. The third-order valence-electron chi connectivity index (χ3n) is 5.85. The Morgan fingerprint density at radius 1 is 1.19 bits per heavy atom. The van der Waals surface area contributed by atoms with Gasteiger partial charge < -0.3 is 15.0 Å². The third kappa shape index (κ3) is 3.17. The Hall–Kier alpha value is -2.11. The second-order valence-electron chi connectivity index (χ2n) is 8.87. The van der Waals surface area contributed by atoms with Crippen LogP contribution < -0.4 is 5.32 Å². The number of benzene rings is 1. The standard InChI is InChI=1S/C20H27FN2O3/c1-13(16(24)22-15-8-6-14(21)7-9-15)19-10-20(11-19,12-19)23(5)17(25)26-18(2,3)4/h6-9,13H,10-12H2,1-5H3,(H,22,24). The summed E-state index contributed by atoms with van der Waals surface area (Å²) in [6, 6.07) is 5.76. The molecule has 1 aromatic rings. The normalized spacial score (nSPS) is 27.6. The fourth-order valence-corrected chi connectivity index (χ4v) is 4.21. The largest absolute Gasteiger partial charge is 0.444 e. The summed E-state index contributed by atoms with van der Waals surface area (Å²) in [5.74, 6) is -0.561. The summed E-state index contributed by atoms with van der Waals surface area (Å²) in [4.78, 5) is 26.5. The summed E-state index contributed by atoms with van der Waals surface area (Å²) in [5.41, 5.74) is -0.155. The number of nitrogens with one attached hydrogen (secondary N) is 1. The highest BCUT2D eigenvalue weighted by molar-refractivity contribution is 5.93. The van der Waals surface area contributed by atoms with Crippen LogP contribution in [0.5, 0.6) is 0 Å². The van der Waals surface area contributed by atoms with E-state index in [1.807, 2.05) is 27.7 Å². The molecule has 3 aliphatic rings. The molecule has 0 radical (unpaired) electrons. The summed E-state index contributed by atoms with van der Waals surface area (Å²) in [6.45, 7) is 7.48. The van der Waals surface area contributed by atoms with Gasteiger partial charge in [0.15, 0.2) is 0 Å². The van der Waals surface area contributed by atoms with Gasteiger partial charge in [0.1, 0.15) is 11.4 Å². The first-order chi connectivity index (χ1) is 12.0. The van der Waals surface area contributed by atoms with Crippen LogP contribution in [0.25, 0.3) is 0 Å². The van der Waals surface area contributed by atoms with Crippen LogP contribution in [-0.2, 0) is 9.53 Å². The van der Waals surface area contributed by atoms with Crippen LogP contribution in [0.3, 0.4) is 0 Å². The van der Waals surface area contributed by atoms with Crippen molar-refractivity contribution < 1.29 is 18.7 Å². The molecule has 1 N–H and O–H groups in total. The molecule has 0 aromatic heterocycles. The smallest absolute Gasteiger partial charge is 0.410 e. The first-order valence-corrected chi connectivity index (χ1v) is 9.00. The third-order valence-corrected chi connectivity index (χ3v) is 5.85. The molecule has 0 saturated heterocycles. The van der Waals surface area contributed by atoms with Crippen LogP contribution in [0, 0.1) is 17.2 Å². The Bertz CT molecular complexity index is 704. The molecule has 0 spiro atoms. The Morgan fingerprint density at radius 2 is 1.73 bits per heavy atom. The Kier molecular flexibility index (Phi) is 4.28. The van der Waals surface area contributed by atoms with Crippen LogP contribution in [0.4, 0.5) is 14.9 Å². The highest BCUT2D eigenvalue weighted by Crippen LogP contribution is 2.72. The van der Waals surface area contributed by atoms with E-state index in [0.717, 1.165) is 19.3 Å². The molecule has 26 heavy (non-hydrogen) atoms. The summed E-state index contributed by atoms with van der Waals surface area (Å²) < 4.78 is 18.4. The highest BCUT2D eigenvalue weighted by Gasteiger charge is 2.73. The maximum absolute atomic E-state index is 13.0. The van der Waals surface area contributed by atoms with Gasteiger partial charge >= 0.3 is 6.09 Å². The van der Waals surface area contributed by atoms with Crippen LogP contribution in [-0.4, -0.2) is 35.1 Å². The van der Waals surface area contributed by atoms with E-state index in [-0.39, 0.29) is 34.7 Å². The minimum Gasteiger partial charge on any atom is -0.444 e. The van der Waals surface area contributed by atoms with E-state index in [1.165, 1.54) is 12.1 Å². The van der Waals surface area contributed by atoms with E-state index in [0.29, 0.717) is 5.69 Å². The van der Waals surface area contributed by atoms with Gasteiger partial charge in [-0.05, 0) is 69.7 Å². The van der Waals surface area contributed by atoms with Gasteiger partial charge in [-0.3, -0.25) is 4.79 Å². The van der Waals surface area contributed by atoms with Crippen molar-refractivity contribution in [3.8, 4) is 0 Å². The van der Waals surface area contributed by atoms with E-state index in [9.17, 15) is 14.0 Å². The van der Waals surface area contributed by atoms with Crippen LogP contribution in [0.15, 0.2) is 24.3 Å². The number of nitrogens with zero attached hydrogens (tertiary/aromatic N) is 1. The summed E-state index contributed by atoms with van der Waals surface area (Å²) in [6.07, 6.45) is 2.13. The van der Waals surface area contributed by atoms with Crippen molar-refractivity contribution in [2.24, 2.45) is 11.3 Å². The molecule has 0 aliphatic heterocycles. The molecule has 4 rings (SSSR count). The monoisotopic (exact) mass is 362 g/mol. The molecule has 3 aliphatic carbocycles. The molecule has 1 unspecified atom stereocenters. The lowest BCUT2D eigenvalue weighted by Crippen LogP contribution is -2.77. The fraction of sp³-hybridized carbons (Fsp3) is 0.600. The lowest BCUT2D eigenvalue weighted by atomic mass is 9.35. The van der Waals surface area contributed by atoms with Crippen molar-refractivity contribution in [2.75, 3.05) is 12.4 Å². The van der Waals surface area contributed by atoms with Crippen molar-refractivity contribution in [1.82, 2.24) is 4.90 Å². The van der Waals surface area contributed by atoms with Gasteiger partial charge in [-0.15, -0.1) is 0 Å². The molecule has 2 amide bonds. The molecule has 6 heteroatoms. The van der Waals surface area contributed by atoms with E-state index in [1.54, 1.807) is 24.1 Å². The van der Waals surface area contributed by atoms with Crippen molar-refractivity contribution in [1.29, 1.82) is 0 Å². The zero-order chi connectivity index (χ0) is 19.3. The number of carbonyl (C=O) groups excluding carboxylic acids is 2. The van der Waals surface area contributed by atoms with Gasteiger partial charge in [0, 0.05) is 24.2 Å². The molecule has 3 saturated carbocycles. The first kappa shape index (κ1) is 18.7. The zero-order valence-electron chi connectivity index (χ0n) is 16.1. The number of rotatable bonds is 4. The summed E-state index contributed by atoms with van der Waals surface area (Å²) in [7, 11) is 1.78. The van der Waals surface area contributed by atoms with E-state index < -0.39 is 5.60 Å². The van der Waals surface area contributed by atoms with Gasteiger partial charge in [0.25, 0.3) is 0 Å². The lowest BCUT2D eigenvalue weighted by molar-refractivity contribution is -0.227. The minimum atomic E-state index is -0.519. The van der Waals surface area contributed by atoms with Crippen molar-refractivity contribution in [2.45, 2.75) is 58.1 Å². The maximum atomic E-state index is 13.0. The van der Waals surface area contributed by atoms with Crippen LogP contribution in [0.1, 0.15) is 47.0 Å². The van der Waals surface area contributed by atoms with Crippen LogP contribution in [0.2, 0.25) is 0 Å². The fourth-order valence-electron chi connectivity index (χ4n) is 4.21. The number of amides is 2. The van der Waals surface area contributed by atoms with Crippen LogP contribution >= 0.6 is 0 Å². The molecular formula is C20H27FN2O3. The highest BCUT2D eigenvalue weighted by atomic mass is 19.1. The van der Waals surface area contributed by atoms with Gasteiger partial charge in [-0.2, -0.15) is 0 Å². The SMILES string of the molecule is CC(C(=O)Nc1ccc(F)cc1)C12CC(N(C)C(=O)OC(C)(C)C)(C1)C2. The van der Waals surface area contributed by atoms with Gasteiger partial charge in [0.05, 0.1) is 0 Å². The molecule has 2 bridgehead atoms. The molecule has 0 heterocycles. The maximum Gasteiger partial charge on any atom is 0.410 e. The number of carbonyl (C=O) groups is 2. The van der Waals surface area contributed by atoms with Gasteiger partial charge in [-0.25, -0.2) is 9.18 Å². The van der Waals surface area contributed by atoms with Crippen molar-refractivity contribution in [3.05, 3.63) is 30.1 Å². The van der Waals surface area contributed by atoms with Gasteiger partial charge in [-0.1, -0.05) is 6.92 Å². The molecule has 5 nitrogen and oxygen atoms in total. The quantitative estimate of drug-likeness (QED) is 0.874. The second kappa shape index (κ2) is 5.96. The second-order valence-corrected chi connectivity index (χ2v) is 8.87. The molecular weight excluding hydrogens is 335 g/mol. The number of halogens is 1. The Balaban J connectivity index is 1.56. The molecule has 1 aromatic carbocycles. The lowest BCUT2D eigenvalue weighted by Gasteiger charge is -2.74. The predicted octanol–water partition coefficient (Wildman–Crippen LogP) is 4.19. The number of hydrogen-bond acceptors (Lipinski definition) is 3. The molecule has 3 fully saturated rings. The topological polar surface area (TPSA) is 58.6 Å². The zero-order valence-corrected chi connectivity index (χ0v) is 16.1. The average Bonchev–Trinajstić information content (AvgIpc) is 2.44. The minimum absolute atomic E-state index is 0.0552. The molecule has 1 atom stereocenters. The summed E-state index contributed by atoms with van der Waals surface area (Å²) >= 11 is 0. The molecule has 142 valence electrons.